The van der Waals surface area contributed by atoms with E-state index in [0.717, 1.165) is 11.4 Å². The van der Waals surface area contributed by atoms with Crippen molar-refractivity contribution in [1.82, 2.24) is 20.0 Å². The Bertz CT molecular complexity index is 567. The van der Waals surface area contributed by atoms with E-state index < -0.39 is 0 Å². The third-order valence-corrected chi connectivity index (χ3v) is 2.59. The number of hydrogen-bond donors (Lipinski definition) is 3. The van der Waals surface area contributed by atoms with Crippen molar-refractivity contribution < 1.29 is 4.79 Å². The summed E-state index contributed by atoms with van der Waals surface area (Å²) in [6, 6.07) is 1.48. The summed E-state index contributed by atoms with van der Waals surface area (Å²) >= 11 is 0. The summed E-state index contributed by atoms with van der Waals surface area (Å²) in [6.07, 6.45) is 0. The first-order chi connectivity index (χ1) is 7.99. The SMILES string of the molecule is Cc1nn(C)c(C)c1NC(=O)c1cc(N)n[nH]1. The van der Waals surface area contributed by atoms with Gasteiger partial charge >= 0.3 is 0 Å². The number of amides is 1. The second kappa shape index (κ2) is 3.93. The van der Waals surface area contributed by atoms with Crippen LogP contribution in [0.15, 0.2) is 6.07 Å². The van der Waals surface area contributed by atoms with Crippen molar-refractivity contribution >= 4 is 17.4 Å². The van der Waals surface area contributed by atoms with Gasteiger partial charge in [0.05, 0.1) is 17.1 Å². The average Bonchev–Trinajstić information content (AvgIpc) is 2.79. The predicted octanol–water partition coefficient (Wildman–Crippen LogP) is 0.595. The van der Waals surface area contributed by atoms with Crippen molar-refractivity contribution in [2.75, 3.05) is 11.1 Å². The van der Waals surface area contributed by atoms with Crippen LogP contribution in [0.1, 0.15) is 21.9 Å². The molecule has 0 aliphatic rings. The van der Waals surface area contributed by atoms with Crippen LogP contribution in [-0.2, 0) is 7.05 Å². The summed E-state index contributed by atoms with van der Waals surface area (Å²) in [7, 11) is 1.83. The Morgan fingerprint density at radius 2 is 2.24 bits per heavy atom. The first kappa shape index (κ1) is 11.2. The summed E-state index contributed by atoms with van der Waals surface area (Å²) in [6.45, 7) is 3.72. The van der Waals surface area contributed by atoms with E-state index in [4.69, 9.17) is 5.73 Å². The molecule has 0 aliphatic carbocycles. The molecule has 2 aromatic rings. The number of nitrogen functional groups attached to an aromatic ring is 1. The number of carbonyl (C=O) groups excluding carboxylic acids is 1. The maximum absolute atomic E-state index is 11.9. The van der Waals surface area contributed by atoms with Gasteiger partial charge in [0.1, 0.15) is 11.5 Å². The fourth-order valence-corrected chi connectivity index (χ4v) is 1.59. The van der Waals surface area contributed by atoms with Crippen LogP contribution in [0, 0.1) is 13.8 Å². The fourth-order valence-electron chi connectivity index (χ4n) is 1.59. The first-order valence-electron chi connectivity index (χ1n) is 5.11. The van der Waals surface area contributed by atoms with E-state index in [1.165, 1.54) is 6.07 Å². The third-order valence-electron chi connectivity index (χ3n) is 2.59. The Labute approximate surface area is 98.0 Å². The zero-order valence-corrected chi connectivity index (χ0v) is 9.90. The molecule has 4 N–H and O–H groups in total. The molecule has 7 heteroatoms. The number of nitrogens with zero attached hydrogens (tertiary/aromatic N) is 3. The molecule has 0 fully saturated rings. The van der Waals surface area contributed by atoms with E-state index >= 15 is 0 Å². The topological polar surface area (TPSA) is 102 Å². The summed E-state index contributed by atoms with van der Waals surface area (Å²) in [5, 5.41) is 13.3. The molecule has 17 heavy (non-hydrogen) atoms. The monoisotopic (exact) mass is 234 g/mol. The van der Waals surface area contributed by atoms with Gasteiger partial charge < -0.3 is 11.1 Å². The molecule has 0 atom stereocenters. The van der Waals surface area contributed by atoms with E-state index in [1.54, 1.807) is 4.68 Å². The lowest BCUT2D eigenvalue weighted by atomic mass is 10.3. The standard InChI is InChI=1S/C10H14N6O/c1-5-9(6(2)16(3)15-5)12-10(17)7-4-8(11)14-13-7/h4H,1-3H3,(H,12,17)(H3,11,13,14). The molecule has 2 rings (SSSR count). The lowest BCUT2D eigenvalue weighted by molar-refractivity contribution is 0.102. The van der Waals surface area contributed by atoms with Crippen molar-refractivity contribution in [3.05, 3.63) is 23.1 Å². The molecule has 0 aliphatic heterocycles. The van der Waals surface area contributed by atoms with Gasteiger partial charge in [-0.3, -0.25) is 14.6 Å². The second-order valence-corrected chi connectivity index (χ2v) is 3.83. The van der Waals surface area contributed by atoms with Crippen molar-refractivity contribution in [1.29, 1.82) is 0 Å². The van der Waals surface area contributed by atoms with Crippen LogP contribution in [-0.4, -0.2) is 25.9 Å². The lowest BCUT2D eigenvalue weighted by Gasteiger charge is -2.03. The molecule has 0 saturated carbocycles. The Morgan fingerprint density at radius 1 is 1.53 bits per heavy atom. The minimum Gasteiger partial charge on any atom is -0.382 e. The molecule has 0 aromatic carbocycles. The number of aromatic nitrogens is 4. The highest BCUT2D eigenvalue weighted by atomic mass is 16.2. The number of nitrogens with two attached hydrogens (primary N) is 1. The fraction of sp³-hybridized carbons (Fsp3) is 0.300. The molecule has 1 amide bonds. The Hall–Kier alpha value is -2.31. The number of H-pyrrole nitrogens is 1. The van der Waals surface area contributed by atoms with Crippen LogP contribution >= 0.6 is 0 Å². The molecular weight excluding hydrogens is 220 g/mol. The van der Waals surface area contributed by atoms with Gasteiger partial charge in [0, 0.05) is 13.1 Å². The maximum Gasteiger partial charge on any atom is 0.273 e. The highest BCUT2D eigenvalue weighted by molar-refractivity contribution is 6.03. The molecule has 0 spiro atoms. The van der Waals surface area contributed by atoms with Gasteiger partial charge in [0.25, 0.3) is 5.91 Å². The Morgan fingerprint density at radius 3 is 2.71 bits per heavy atom. The quantitative estimate of drug-likeness (QED) is 0.707. The van der Waals surface area contributed by atoms with E-state index in [-0.39, 0.29) is 11.7 Å². The molecule has 90 valence electrons. The highest BCUT2D eigenvalue weighted by Gasteiger charge is 2.15. The van der Waals surface area contributed by atoms with Crippen LogP contribution in [0.2, 0.25) is 0 Å². The van der Waals surface area contributed by atoms with Crippen molar-refractivity contribution in [2.45, 2.75) is 13.8 Å². The van der Waals surface area contributed by atoms with Crippen LogP contribution in [0.25, 0.3) is 0 Å². The summed E-state index contributed by atoms with van der Waals surface area (Å²) < 4.78 is 1.71. The number of aryl methyl sites for hydroxylation is 2. The summed E-state index contributed by atoms with van der Waals surface area (Å²) in [5.41, 5.74) is 8.13. The molecule has 0 unspecified atom stereocenters. The largest absolute Gasteiger partial charge is 0.382 e. The minimum absolute atomic E-state index is 0.284. The van der Waals surface area contributed by atoms with Crippen LogP contribution < -0.4 is 11.1 Å². The van der Waals surface area contributed by atoms with Crippen LogP contribution in [0.4, 0.5) is 11.5 Å². The smallest absolute Gasteiger partial charge is 0.273 e. The molecule has 0 radical (unpaired) electrons. The lowest BCUT2D eigenvalue weighted by Crippen LogP contribution is -2.13. The van der Waals surface area contributed by atoms with E-state index in [0.29, 0.717) is 11.4 Å². The van der Waals surface area contributed by atoms with Crippen molar-refractivity contribution in [3.8, 4) is 0 Å². The van der Waals surface area contributed by atoms with Gasteiger partial charge in [0.15, 0.2) is 0 Å². The van der Waals surface area contributed by atoms with Gasteiger partial charge in [-0.2, -0.15) is 10.2 Å². The van der Waals surface area contributed by atoms with Gasteiger partial charge in [0.2, 0.25) is 0 Å². The molecule has 0 bridgehead atoms. The molecule has 2 heterocycles. The van der Waals surface area contributed by atoms with Gasteiger partial charge in [-0.25, -0.2) is 0 Å². The van der Waals surface area contributed by atoms with E-state index in [1.807, 2.05) is 20.9 Å². The number of rotatable bonds is 2. The zero-order valence-electron chi connectivity index (χ0n) is 9.90. The molecule has 0 saturated heterocycles. The second-order valence-electron chi connectivity index (χ2n) is 3.83. The Kier molecular flexibility index (Phi) is 2.58. The van der Waals surface area contributed by atoms with Crippen LogP contribution in [0.5, 0.6) is 0 Å². The highest BCUT2D eigenvalue weighted by Crippen LogP contribution is 2.19. The number of carbonyl (C=O) groups is 1. The van der Waals surface area contributed by atoms with Gasteiger partial charge in [-0.05, 0) is 13.8 Å². The predicted molar refractivity (Wildman–Crippen MR) is 63.6 cm³/mol. The summed E-state index contributed by atoms with van der Waals surface area (Å²) in [4.78, 5) is 11.9. The van der Waals surface area contributed by atoms with E-state index in [9.17, 15) is 4.79 Å². The normalized spacial score (nSPS) is 10.5. The maximum atomic E-state index is 11.9. The van der Waals surface area contributed by atoms with Gasteiger partial charge in [-0.1, -0.05) is 0 Å². The Balaban J connectivity index is 2.24. The van der Waals surface area contributed by atoms with Crippen molar-refractivity contribution in [2.24, 2.45) is 7.05 Å². The third kappa shape index (κ3) is 1.99. The van der Waals surface area contributed by atoms with Gasteiger partial charge in [-0.15, -0.1) is 0 Å². The number of hydrogen-bond acceptors (Lipinski definition) is 4. The molecular formula is C10H14N6O. The molecule has 7 nitrogen and oxygen atoms in total. The van der Waals surface area contributed by atoms with Crippen LogP contribution in [0.3, 0.4) is 0 Å². The zero-order chi connectivity index (χ0) is 12.6. The number of nitrogens with one attached hydrogen (secondary N) is 2. The first-order valence-corrected chi connectivity index (χ1v) is 5.11. The minimum atomic E-state index is -0.284. The number of aromatic amines is 1. The summed E-state index contributed by atoms with van der Waals surface area (Å²) in [5.74, 6) is 0.00294. The average molecular weight is 234 g/mol. The molecule has 2 aromatic heterocycles. The number of anilines is 2. The van der Waals surface area contributed by atoms with Crippen molar-refractivity contribution in [3.63, 3.8) is 0 Å². The van der Waals surface area contributed by atoms with E-state index in [2.05, 4.69) is 20.6 Å².